The fourth-order valence-corrected chi connectivity index (χ4v) is 6.00. The van der Waals surface area contributed by atoms with Crippen LogP contribution in [0.5, 0.6) is 5.75 Å². The van der Waals surface area contributed by atoms with Crippen LogP contribution in [0, 0.1) is 11.8 Å². The summed E-state index contributed by atoms with van der Waals surface area (Å²) in [6.45, 7) is 9.94. The van der Waals surface area contributed by atoms with Gasteiger partial charge in [0.25, 0.3) is 5.91 Å². The number of nitrogens with one attached hydrogen (secondary N) is 1. The molecular weight excluding hydrogens is 490 g/mol. The fourth-order valence-electron chi connectivity index (χ4n) is 6.00. The summed E-state index contributed by atoms with van der Waals surface area (Å²) in [5.74, 6) is -1.87. The van der Waals surface area contributed by atoms with E-state index in [1.165, 1.54) is 12.1 Å². The Bertz CT molecular complexity index is 1560. The number of hydrogen-bond acceptors (Lipinski definition) is 9. The number of rotatable bonds is 2. The molecule has 1 unspecified atom stereocenters. The number of nitrogen functional groups attached to an aromatic ring is 1. The van der Waals surface area contributed by atoms with Crippen molar-refractivity contribution in [1.82, 2.24) is 5.32 Å². The van der Waals surface area contributed by atoms with Crippen LogP contribution in [0.1, 0.15) is 28.8 Å². The highest BCUT2D eigenvalue weighted by Gasteiger charge is 2.69. The maximum absolute atomic E-state index is 13.6. The van der Waals surface area contributed by atoms with E-state index >= 15 is 0 Å². The van der Waals surface area contributed by atoms with E-state index in [1.807, 2.05) is 14.1 Å². The minimum Gasteiger partial charge on any atom is -0.511 e. The van der Waals surface area contributed by atoms with Crippen LogP contribution in [0.2, 0.25) is 0 Å². The first-order chi connectivity index (χ1) is 18.0. The van der Waals surface area contributed by atoms with E-state index in [2.05, 4.69) is 25.1 Å². The van der Waals surface area contributed by atoms with Gasteiger partial charge < -0.3 is 31.7 Å². The van der Waals surface area contributed by atoms with Crippen LogP contribution in [0.15, 0.2) is 69.7 Å². The molecule has 2 aromatic carbocycles. The third kappa shape index (κ3) is 3.37. The number of epoxide rings is 1. The van der Waals surface area contributed by atoms with Crippen LogP contribution >= 0.6 is 0 Å². The molecule has 2 aromatic rings. The number of ether oxygens (including phenoxy) is 1. The molecule has 10 nitrogen and oxygen atoms in total. The van der Waals surface area contributed by atoms with Gasteiger partial charge in [0.05, 0.1) is 22.4 Å². The minimum absolute atomic E-state index is 0.0396. The fraction of sp³-hybridized carbons (Fsp3) is 0.286. The van der Waals surface area contributed by atoms with Crippen LogP contribution < -0.4 is 27.6 Å². The van der Waals surface area contributed by atoms with Gasteiger partial charge in [-0.3, -0.25) is 19.2 Å². The number of anilines is 1. The summed E-state index contributed by atoms with van der Waals surface area (Å²) in [5, 5.41) is 23.7. The van der Waals surface area contributed by atoms with Gasteiger partial charge in [-0.1, -0.05) is 12.6 Å². The first-order valence-electron chi connectivity index (χ1n) is 11.9. The van der Waals surface area contributed by atoms with Crippen molar-refractivity contribution in [2.75, 3.05) is 19.8 Å². The van der Waals surface area contributed by atoms with Crippen LogP contribution in [0.3, 0.4) is 0 Å². The topological polar surface area (TPSA) is 185 Å². The standard InChI is InChI=1S/C24H18N2O7.C2H7N.C2H4/c1-7-14(23(26)32)13(28)6-9-4-8-5-11-10(17-18(25)21(31)20(17)30)2-3-12(27)16(11)19(29)15(8)22-24(7,9)33-22;1-3-2;1-2/h2-3,8-9,27-28H,1,4-6,25H2,(H2,26,32);3H,1-2H3;1-2H2/t8?,9-,24-;;/m0../s1. The normalized spacial score (nSPS) is 24.5. The second-order valence-corrected chi connectivity index (χ2v) is 9.54. The highest BCUT2D eigenvalue weighted by Crippen LogP contribution is 2.65. The third-order valence-electron chi connectivity index (χ3n) is 7.51. The molecule has 1 spiro atoms. The molecular formula is C28H29N3O7. The number of primary amides is 1. The number of phenolic OH excluding ortho intramolecular Hbond substituents is 1. The van der Waals surface area contributed by atoms with Crippen molar-refractivity contribution >= 4 is 17.4 Å². The Morgan fingerprint density at radius 2 is 1.74 bits per heavy atom. The number of hydrogen-bond donors (Lipinski definition) is 5. The highest BCUT2D eigenvalue weighted by atomic mass is 16.6. The van der Waals surface area contributed by atoms with Gasteiger partial charge in [0.2, 0.25) is 10.9 Å². The maximum Gasteiger partial charge on any atom is 0.252 e. The van der Waals surface area contributed by atoms with Gasteiger partial charge in [-0.2, -0.15) is 0 Å². The molecule has 0 radical (unpaired) electrons. The summed E-state index contributed by atoms with van der Waals surface area (Å²) in [6, 6.07) is 2.79. The molecule has 10 heteroatoms. The molecule has 38 heavy (non-hydrogen) atoms. The van der Waals surface area contributed by atoms with E-state index in [0.717, 1.165) is 0 Å². The molecule has 0 saturated carbocycles. The van der Waals surface area contributed by atoms with Crippen molar-refractivity contribution < 1.29 is 24.5 Å². The van der Waals surface area contributed by atoms with Crippen molar-refractivity contribution in [3.05, 3.63) is 91.7 Å². The molecule has 1 saturated heterocycles. The Balaban J connectivity index is 0.000000630. The van der Waals surface area contributed by atoms with E-state index in [0.29, 0.717) is 35.3 Å². The average Bonchev–Trinajstić information content (AvgIpc) is 3.63. The molecule has 4 aliphatic rings. The molecule has 0 aromatic heterocycles. The molecule has 6 rings (SSSR count). The second-order valence-electron chi connectivity index (χ2n) is 9.54. The van der Waals surface area contributed by atoms with Gasteiger partial charge in [-0.25, -0.2) is 0 Å². The maximum atomic E-state index is 13.6. The zero-order valence-electron chi connectivity index (χ0n) is 21.1. The van der Waals surface area contributed by atoms with Gasteiger partial charge in [0.1, 0.15) is 11.5 Å². The quantitative estimate of drug-likeness (QED) is 0.223. The zero-order chi connectivity index (χ0) is 28.3. The molecule has 7 N–H and O–H groups in total. The first kappa shape index (κ1) is 26.6. The Hall–Kier alpha value is -4.44. The lowest BCUT2D eigenvalue weighted by Gasteiger charge is -2.37. The molecule has 1 fully saturated rings. The SMILES string of the molecule is C=C.C=C1C(C(N)=O)=C(O)C[C@@H]2CC3Cc4c(-c5c(N)c(=O)c5=O)ccc(O)c4C(=O)C3=C3O[C@]132.CNC. The predicted molar refractivity (Wildman–Crippen MR) is 142 cm³/mol. The smallest absolute Gasteiger partial charge is 0.252 e. The first-order valence-corrected chi connectivity index (χ1v) is 11.9. The molecule has 1 aliphatic heterocycles. The number of aliphatic hydroxyl groups excluding tert-OH is 1. The molecule has 3 aliphatic carbocycles. The number of phenols is 1. The molecule has 1 amide bonds. The number of benzene rings is 1. The van der Waals surface area contributed by atoms with E-state index in [1.54, 1.807) is 0 Å². The average molecular weight is 520 g/mol. The van der Waals surface area contributed by atoms with Crippen LogP contribution in [-0.4, -0.2) is 41.6 Å². The van der Waals surface area contributed by atoms with E-state index < -0.39 is 28.1 Å². The molecule has 198 valence electrons. The van der Waals surface area contributed by atoms with Crippen molar-refractivity contribution in [1.29, 1.82) is 0 Å². The number of allylic oxidation sites excluding steroid dienone is 2. The van der Waals surface area contributed by atoms with Crippen molar-refractivity contribution in [2.45, 2.75) is 24.9 Å². The number of aliphatic hydroxyl groups is 1. The number of carbonyl (C=O) groups excluding carboxylic acids is 2. The Kier molecular flexibility index (Phi) is 6.40. The van der Waals surface area contributed by atoms with Gasteiger partial charge in [0.15, 0.2) is 17.1 Å². The lowest BCUT2D eigenvalue weighted by atomic mass is 9.62. The van der Waals surface area contributed by atoms with Crippen LogP contribution in [0.25, 0.3) is 11.1 Å². The van der Waals surface area contributed by atoms with Crippen molar-refractivity contribution in [3.63, 3.8) is 0 Å². The molecule has 3 atom stereocenters. The molecule has 0 bridgehead atoms. The van der Waals surface area contributed by atoms with Gasteiger partial charge in [-0.15, -0.1) is 13.2 Å². The van der Waals surface area contributed by atoms with Crippen molar-refractivity contribution in [3.8, 4) is 16.9 Å². The summed E-state index contributed by atoms with van der Waals surface area (Å²) < 4.78 is 5.96. The lowest BCUT2D eigenvalue weighted by Crippen LogP contribution is -2.41. The predicted octanol–water partition coefficient (Wildman–Crippen LogP) is 1.53. The number of aromatic hydroxyl groups is 1. The zero-order valence-corrected chi connectivity index (χ0v) is 21.1. The third-order valence-corrected chi connectivity index (χ3v) is 7.51. The minimum atomic E-state index is -1.06. The van der Waals surface area contributed by atoms with E-state index in [4.69, 9.17) is 16.2 Å². The number of amides is 1. The number of ketones is 1. The summed E-state index contributed by atoms with van der Waals surface area (Å²) in [6.07, 6.45) is 0.886. The number of carbonyl (C=O) groups is 2. The van der Waals surface area contributed by atoms with E-state index in [9.17, 15) is 29.4 Å². The highest BCUT2D eigenvalue weighted by molar-refractivity contribution is 6.15. The Morgan fingerprint density at radius 3 is 2.32 bits per heavy atom. The van der Waals surface area contributed by atoms with Gasteiger partial charge in [0, 0.05) is 23.5 Å². The summed E-state index contributed by atoms with van der Waals surface area (Å²) in [7, 11) is 3.75. The summed E-state index contributed by atoms with van der Waals surface area (Å²) in [5.41, 5.74) is 9.94. The number of fused-ring (bicyclic) bond motifs is 2. The van der Waals surface area contributed by atoms with E-state index in [-0.39, 0.29) is 57.7 Å². The second kappa shape index (κ2) is 9.14. The lowest BCUT2D eigenvalue weighted by molar-refractivity contribution is -0.114. The van der Waals surface area contributed by atoms with Gasteiger partial charge >= 0.3 is 0 Å². The van der Waals surface area contributed by atoms with Gasteiger partial charge in [-0.05, 0) is 50.0 Å². The largest absolute Gasteiger partial charge is 0.511 e. The Labute approximate surface area is 218 Å². The number of nitrogens with two attached hydrogens (primary N) is 2. The van der Waals surface area contributed by atoms with Crippen LogP contribution in [0.4, 0.5) is 5.69 Å². The van der Waals surface area contributed by atoms with Crippen LogP contribution in [-0.2, 0) is 16.0 Å². The monoisotopic (exact) mass is 519 g/mol. The van der Waals surface area contributed by atoms with Crippen molar-refractivity contribution in [2.24, 2.45) is 17.6 Å². The Morgan fingerprint density at radius 1 is 1.11 bits per heavy atom. The summed E-state index contributed by atoms with van der Waals surface area (Å²) >= 11 is 0. The molecule has 1 heterocycles. The summed E-state index contributed by atoms with van der Waals surface area (Å²) in [4.78, 5) is 49.3. The number of Topliss-reactive ketones (excluding diaryl/α,β-unsaturated/α-hetero) is 1.